The van der Waals surface area contributed by atoms with E-state index in [1.165, 1.54) is 60.5 Å². The lowest BCUT2D eigenvalue weighted by Gasteiger charge is -2.17. The van der Waals surface area contributed by atoms with E-state index >= 15 is 0 Å². The molecule has 1 aromatic heterocycles. The van der Waals surface area contributed by atoms with Gasteiger partial charge in [0.05, 0.1) is 11.6 Å². The Bertz CT molecular complexity index is 3520. The molecule has 12 rings (SSSR count). The molecule has 0 saturated carbocycles. The van der Waals surface area contributed by atoms with Crippen molar-refractivity contribution >= 4 is 32.3 Å². The van der Waals surface area contributed by atoms with Gasteiger partial charge in [-0.25, -0.2) is 15.0 Å². The summed E-state index contributed by atoms with van der Waals surface area (Å²) in [6, 6.07) is 74.9. The van der Waals surface area contributed by atoms with E-state index < -0.39 is 0 Å². The molecule has 0 amide bonds. The largest absolute Gasteiger partial charge is 0.208 e. The topological polar surface area (TPSA) is 62.5 Å². The Morgan fingerprint density at radius 1 is 0.290 bits per heavy atom. The molecule has 0 saturated heterocycles. The molecule has 286 valence electrons. The third-order valence-electron chi connectivity index (χ3n) is 12.3. The second-order valence-corrected chi connectivity index (χ2v) is 15.8. The van der Waals surface area contributed by atoms with Crippen molar-refractivity contribution in [1.82, 2.24) is 15.0 Å². The number of hydrogen-bond donors (Lipinski definition) is 0. The van der Waals surface area contributed by atoms with E-state index in [0.717, 1.165) is 44.2 Å². The molecule has 0 radical (unpaired) electrons. The molecule has 0 atom stereocenters. The minimum Gasteiger partial charge on any atom is -0.208 e. The minimum absolute atomic E-state index is 0.634. The highest BCUT2D eigenvalue weighted by atomic mass is 15.0. The van der Waals surface area contributed by atoms with Gasteiger partial charge in [-0.1, -0.05) is 188 Å². The van der Waals surface area contributed by atoms with Gasteiger partial charge in [-0.05, 0) is 106 Å². The van der Waals surface area contributed by atoms with Crippen LogP contribution in [0.4, 0.5) is 0 Å². The van der Waals surface area contributed by atoms with Gasteiger partial charge in [0, 0.05) is 16.7 Å². The lowest BCUT2D eigenvalue weighted by atomic mass is 9.86. The molecule has 4 heteroatoms. The quantitative estimate of drug-likeness (QED) is 0.158. The molecule has 0 aliphatic heterocycles. The number of hydrogen-bond acceptors (Lipinski definition) is 4. The smallest absolute Gasteiger partial charge is 0.164 e. The summed E-state index contributed by atoms with van der Waals surface area (Å²) >= 11 is 0. The van der Waals surface area contributed by atoms with Crippen LogP contribution in [0.2, 0.25) is 0 Å². The van der Waals surface area contributed by atoms with Crippen molar-refractivity contribution in [3.8, 4) is 95.9 Å². The number of rotatable bonds is 6. The van der Waals surface area contributed by atoms with Gasteiger partial charge < -0.3 is 0 Å². The monoisotopic (exact) mass is 786 g/mol. The van der Waals surface area contributed by atoms with Gasteiger partial charge in [-0.2, -0.15) is 5.26 Å². The van der Waals surface area contributed by atoms with Crippen LogP contribution in [0, 0.1) is 11.3 Å². The maximum absolute atomic E-state index is 9.34. The minimum atomic E-state index is 0.634. The summed E-state index contributed by atoms with van der Waals surface area (Å²) in [5.41, 5.74) is 15.5. The van der Waals surface area contributed by atoms with Crippen LogP contribution in [0.3, 0.4) is 0 Å². The zero-order valence-electron chi connectivity index (χ0n) is 33.4. The highest BCUT2D eigenvalue weighted by Crippen LogP contribution is 2.52. The van der Waals surface area contributed by atoms with E-state index in [1.54, 1.807) is 0 Å². The SMILES string of the molecule is N#Cc1ccc(-c2ccc(-c3ccc4c5c(ccc(-c6cccc7c6ccc6ccc(-c8nc(-c9ccccc9)nc(-c9ccccc9)n8)cc67)c35)-c3ccccc3-4)cc2)cc1. The summed E-state index contributed by atoms with van der Waals surface area (Å²) in [6.07, 6.45) is 0. The van der Waals surface area contributed by atoms with Gasteiger partial charge in [-0.15, -0.1) is 0 Å². The molecule has 10 aromatic carbocycles. The average Bonchev–Trinajstić information content (AvgIpc) is 3.68. The Kier molecular flexibility index (Phi) is 8.19. The van der Waals surface area contributed by atoms with Gasteiger partial charge in [-0.3, -0.25) is 0 Å². The van der Waals surface area contributed by atoms with Crippen LogP contribution >= 0.6 is 0 Å². The Labute approximate surface area is 358 Å². The Hall–Kier alpha value is -8.52. The third-order valence-corrected chi connectivity index (χ3v) is 12.3. The van der Waals surface area contributed by atoms with Crippen LogP contribution in [0.15, 0.2) is 206 Å². The highest BCUT2D eigenvalue weighted by molar-refractivity contribution is 6.24. The molecular formula is C58H34N4. The Morgan fingerprint density at radius 3 is 1.37 bits per heavy atom. The van der Waals surface area contributed by atoms with Crippen LogP contribution in [-0.2, 0) is 0 Å². The lowest BCUT2D eigenvalue weighted by Crippen LogP contribution is -2.00. The molecule has 1 heterocycles. The van der Waals surface area contributed by atoms with Crippen molar-refractivity contribution in [3.63, 3.8) is 0 Å². The summed E-state index contributed by atoms with van der Waals surface area (Å²) in [5.74, 6) is 1.92. The van der Waals surface area contributed by atoms with Crippen LogP contribution in [0.5, 0.6) is 0 Å². The number of aromatic nitrogens is 3. The molecule has 1 aliphatic carbocycles. The Morgan fingerprint density at radius 2 is 0.758 bits per heavy atom. The number of nitrogens with zero attached hydrogens (tertiary/aromatic N) is 4. The van der Waals surface area contributed by atoms with E-state index in [9.17, 15) is 5.26 Å². The van der Waals surface area contributed by atoms with E-state index in [2.05, 4.69) is 127 Å². The van der Waals surface area contributed by atoms with E-state index in [1.807, 2.05) is 84.9 Å². The summed E-state index contributed by atoms with van der Waals surface area (Å²) in [4.78, 5) is 15.1. The van der Waals surface area contributed by atoms with Crippen LogP contribution < -0.4 is 0 Å². The number of benzene rings is 10. The standard InChI is InChI=1S/C58H34N4/c59-35-36-18-20-37(21-19-36)38-22-24-39(25-23-38)44-30-31-51-45-14-7-8-15-46(45)52-33-32-50(54(44)55(51)52)47-16-9-17-48-49(47)29-28-40-26-27-43(34-53(40)48)58-61-56(41-10-3-1-4-11-41)60-57(62-58)42-12-5-2-6-13-42/h1-34H. The van der Waals surface area contributed by atoms with Crippen LogP contribution in [0.25, 0.3) is 122 Å². The van der Waals surface area contributed by atoms with Crippen molar-refractivity contribution in [2.75, 3.05) is 0 Å². The van der Waals surface area contributed by atoms with Crippen molar-refractivity contribution in [3.05, 3.63) is 212 Å². The lowest BCUT2D eigenvalue weighted by molar-refractivity contribution is 1.07. The molecule has 0 fully saturated rings. The fraction of sp³-hybridized carbons (Fsp3) is 0. The van der Waals surface area contributed by atoms with Gasteiger partial charge in [0.1, 0.15) is 0 Å². The zero-order valence-corrected chi connectivity index (χ0v) is 33.4. The maximum Gasteiger partial charge on any atom is 0.164 e. The molecule has 62 heavy (non-hydrogen) atoms. The fourth-order valence-electron chi connectivity index (χ4n) is 9.34. The average molecular weight is 787 g/mol. The van der Waals surface area contributed by atoms with Gasteiger partial charge in [0.25, 0.3) is 0 Å². The normalized spacial score (nSPS) is 11.5. The third kappa shape index (κ3) is 5.79. The molecule has 0 unspecified atom stereocenters. The van der Waals surface area contributed by atoms with Gasteiger partial charge >= 0.3 is 0 Å². The first-order valence-corrected chi connectivity index (χ1v) is 20.8. The molecule has 1 aliphatic rings. The van der Waals surface area contributed by atoms with Crippen LogP contribution in [0.1, 0.15) is 5.56 Å². The van der Waals surface area contributed by atoms with Crippen molar-refractivity contribution in [2.45, 2.75) is 0 Å². The zero-order chi connectivity index (χ0) is 41.1. The molecule has 4 nitrogen and oxygen atoms in total. The second-order valence-electron chi connectivity index (χ2n) is 15.8. The predicted octanol–water partition coefficient (Wildman–Crippen LogP) is 14.9. The second kappa shape index (κ2) is 14.3. The molecule has 0 bridgehead atoms. The Balaban J connectivity index is 1.04. The van der Waals surface area contributed by atoms with Gasteiger partial charge in [0.15, 0.2) is 17.5 Å². The first-order chi connectivity index (χ1) is 30.7. The highest BCUT2D eigenvalue weighted by Gasteiger charge is 2.25. The summed E-state index contributed by atoms with van der Waals surface area (Å²) < 4.78 is 0. The summed E-state index contributed by atoms with van der Waals surface area (Å²) in [7, 11) is 0. The van der Waals surface area contributed by atoms with E-state index in [-0.39, 0.29) is 0 Å². The van der Waals surface area contributed by atoms with Crippen LogP contribution in [-0.4, -0.2) is 15.0 Å². The van der Waals surface area contributed by atoms with E-state index in [4.69, 9.17) is 15.0 Å². The first kappa shape index (κ1) is 35.4. The molecule has 0 spiro atoms. The van der Waals surface area contributed by atoms with Crippen molar-refractivity contribution < 1.29 is 0 Å². The molecule has 0 N–H and O–H groups in total. The summed E-state index contributed by atoms with van der Waals surface area (Å²) in [6.45, 7) is 0. The first-order valence-electron chi connectivity index (χ1n) is 20.8. The number of nitriles is 1. The maximum atomic E-state index is 9.34. The molecular weight excluding hydrogens is 753 g/mol. The number of fused-ring (bicyclic) bond motifs is 6. The predicted molar refractivity (Wildman–Crippen MR) is 254 cm³/mol. The van der Waals surface area contributed by atoms with E-state index in [0.29, 0.717) is 23.0 Å². The fourth-order valence-corrected chi connectivity index (χ4v) is 9.34. The summed E-state index contributed by atoms with van der Waals surface area (Å²) in [5, 5.41) is 16.5. The van der Waals surface area contributed by atoms with Gasteiger partial charge in [0.2, 0.25) is 0 Å². The van der Waals surface area contributed by atoms with Crippen molar-refractivity contribution in [2.24, 2.45) is 0 Å². The van der Waals surface area contributed by atoms with Crippen molar-refractivity contribution in [1.29, 1.82) is 5.26 Å². The molecule has 11 aromatic rings.